The zero-order chi connectivity index (χ0) is 25.5. The van der Waals surface area contributed by atoms with Crippen LogP contribution in [0.15, 0.2) is 47.6 Å². The first-order chi connectivity index (χ1) is 16.5. The monoisotopic (exact) mass is 482 g/mol. The van der Waals surface area contributed by atoms with Gasteiger partial charge in [-0.25, -0.2) is 4.79 Å². The Hall–Kier alpha value is -2.48. The zero-order valence-electron chi connectivity index (χ0n) is 20.8. The van der Waals surface area contributed by atoms with Crippen LogP contribution in [0.25, 0.3) is 0 Å². The number of para-hydroxylation sites is 1. The number of carbonyl (C=O) groups excluding carboxylic acids is 2. The van der Waals surface area contributed by atoms with Crippen molar-refractivity contribution < 1.29 is 34.4 Å². The van der Waals surface area contributed by atoms with Crippen molar-refractivity contribution >= 4 is 11.8 Å². The summed E-state index contributed by atoms with van der Waals surface area (Å²) in [5, 5.41) is 34.2. The van der Waals surface area contributed by atoms with E-state index in [2.05, 4.69) is 13.8 Å². The molecule has 2 fully saturated rings. The molecule has 0 aliphatic heterocycles. The van der Waals surface area contributed by atoms with E-state index in [9.17, 15) is 24.9 Å². The van der Waals surface area contributed by atoms with Crippen LogP contribution in [0.3, 0.4) is 0 Å². The van der Waals surface area contributed by atoms with Gasteiger partial charge in [-0.15, -0.1) is 0 Å². The minimum absolute atomic E-state index is 0.0479. The lowest BCUT2D eigenvalue weighted by Crippen LogP contribution is -2.65. The third kappa shape index (κ3) is 2.95. The maximum atomic E-state index is 14.3. The molecule has 4 aliphatic rings. The largest absolute Gasteiger partial charge is 0.496 e. The summed E-state index contributed by atoms with van der Waals surface area (Å²) in [5.74, 6) is -1.10. The molecule has 1 aromatic rings. The second kappa shape index (κ2) is 7.76. The number of ether oxygens (including phenoxy) is 2. The van der Waals surface area contributed by atoms with Crippen LogP contribution < -0.4 is 4.74 Å². The highest BCUT2D eigenvalue weighted by molar-refractivity contribution is 5.96. The van der Waals surface area contributed by atoms with E-state index in [-0.39, 0.29) is 40.1 Å². The molecule has 8 atom stereocenters. The first kappa shape index (κ1) is 24.2. The molecule has 3 N–H and O–H groups in total. The van der Waals surface area contributed by atoms with Gasteiger partial charge in [-0.2, -0.15) is 0 Å². The first-order valence-corrected chi connectivity index (χ1v) is 12.3. The van der Waals surface area contributed by atoms with Gasteiger partial charge in [0.15, 0.2) is 17.5 Å². The molecule has 0 aromatic heterocycles. The van der Waals surface area contributed by atoms with E-state index in [0.29, 0.717) is 17.7 Å². The van der Waals surface area contributed by atoms with Crippen molar-refractivity contribution in [3.05, 3.63) is 53.1 Å². The van der Waals surface area contributed by atoms with Crippen LogP contribution in [0, 0.1) is 34.5 Å². The fraction of sp³-hybridized carbons (Fsp3) is 0.571. The van der Waals surface area contributed by atoms with Crippen molar-refractivity contribution in [2.75, 3.05) is 13.7 Å². The number of fused-ring (bicyclic) bond motifs is 3. The fourth-order valence-corrected chi connectivity index (χ4v) is 7.58. The number of carbonyl (C=O) groups is 2. The lowest BCUT2D eigenvalue weighted by atomic mass is 9.59. The Morgan fingerprint density at radius 2 is 1.91 bits per heavy atom. The van der Waals surface area contributed by atoms with Crippen molar-refractivity contribution in [1.82, 2.24) is 0 Å². The van der Waals surface area contributed by atoms with Gasteiger partial charge in [0.05, 0.1) is 19.1 Å². The van der Waals surface area contributed by atoms with Gasteiger partial charge in [0.2, 0.25) is 0 Å². The Balaban J connectivity index is 1.63. The highest BCUT2D eigenvalue weighted by atomic mass is 16.6. The van der Waals surface area contributed by atoms with Crippen LogP contribution in [0.1, 0.15) is 44.5 Å². The van der Waals surface area contributed by atoms with Gasteiger partial charge in [-0.1, -0.05) is 45.1 Å². The van der Waals surface area contributed by atoms with Crippen LogP contribution in [0.2, 0.25) is 0 Å². The number of allylic oxidation sites excluding steroid dienone is 1. The highest BCUT2D eigenvalue weighted by Gasteiger charge is 2.76. The third-order valence-electron chi connectivity index (χ3n) is 9.45. The summed E-state index contributed by atoms with van der Waals surface area (Å²) in [6.45, 7) is 7.42. The van der Waals surface area contributed by atoms with Gasteiger partial charge in [0.25, 0.3) is 0 Å². The number of benzene rings is 1. The molecule has 5 rings (SSSR count). The number of rotatable bonds is 4. The fourth-order valence-electron chi connectivity index (χ4n) is 7.58. The highest BCUT2D eigenvalue weighted by Crippen LogP contribution is 2.71. The van der Waals surface area contributed by atoms with Crippen molar-refractivity contribution in [3.8, 4) is 5.75 Å². The lowest BCUT2D eigenvalue weighted by Gasteiger charge is -2.48. The van der Waals surface area contributed by atoms with Crippen molar-refractivity contribution in [1.29, 1.82) is 0 Å². The van der Waals surface area contributed by atoms with Gasteiger partial charge in [-0.3, -0.25) is 4.79 Å². The van der Waals surface area contributed by atoms with E-state index in [1.807, 2.05) is 6.92 Å². The first-order valence-electron chi connectivity index (χ1n) is 12.3. The van der Waals surface area contributed by atoms with E-state index in [1.165, 1.54) is 7.11 Å². The van der Waals surface area contributed by atoms with Crippen molar-refractivity contribution in [3.63, 3.8) is 0 Å². The molecule has 0 amide bonds. The molecule has 1 aromatic carbocycles. The second-order valence-corrected chi connectivity index (χ2v) is 11.4. The molecule has 2 bridgehead atoms. The predicted molar refractivity (Wildman–Crippen MR) is 128 cm³/mol. The number of hydrogen-bond donors (Lipinski definition) is 3. The van der Waals surface area contributed by atoms with Gasteiger partial charge < -0.3 is 24.8 Å². The Bertz CT molecular complexity index is 1150. The minimum Gasteiger partial charge on any atom is -0.496 e. The summed E-state index contributed by atoms with van der Waals surface area (Å²) in [4.78, 5) is 27.6. The number of aliphatic hydroxyl groups excluding tert-OH is 2. The summed E-state index contributed by atoms with van der Waals surface area (Å²) in [5.41, 5.74) is -2.80. The minimum atomic E-state index is -2.16. The summed E-state index contributed by atoms with van der Waals surface area (Å²) >= 11 is 0. The Morgan fingerprint density at radius 1 is 1.23 bits per heavy atom. The Morgan fingerprint density at radius 3 is 2.57 bits per heavy atom. The number of Topliss-reactive ketones (excluding diaryl/α,β-unsaturated/α-hetero) is 1. The SMILES string of the molecule is COc1ccccc1C(=O)O[C@H]1C(C)=C[C@]23C(=O)[C@@H](C=C(CO)[C@@H](O)[C@]12O)[C@H]1[C@@H](C[C@H]3C)C1(C)C. The van der Waals surface area contributed by atoms with E-state index < -0.39 is 41.7 Å². The van der Waals surface area contributed by atoms with Gasteiger partial charge in [0, 0.05) is 5.92 Å². The van der Waals surface area contributed by atoms with Crippen LogP contribution in [-0.4, -0.2) is 58.6 Å². The quantitative estimate of drug-likeness (QED) is 0.447. The average molecular weight is 483 g/mol. The smallest absolute Gasteiger partial charge is 0.342 e. The molecule has 0 heterocycles. The Kier molecular flexibility index (Phi) is 5.37. The number of esters is 1. The summed E-state index contributed by atoms with van der Waals surface area (Å²) < 4.78 is 11.2. The molecule has 7 heteroatoms. The van der Waals surface area contributed by atoms with Gasteiger partial charge in [0.1, 0.15) is 17.4 Å². The summed E-state index contributed by atoms with van der Waals surface area (Å²) in [6.07, 6.45) is 1.22. The van der Waals surface area contributed by atoms with Crippen LogP contribution in [0.5, 0.6) is 5.75 Å². The molecular weight excluding hydrogens is 448 g/mol. The van der Waals surface area contributed by atoms with Crippen molar-refractivity contribution in [2.24, 2.45) is 34.5 Å². The van der Waals surface area contributed by atoms with E-state index in [4.69, 9.17) is 9.47 Å². The van der Waals surface area contributed by atoms with E-state index in [0.717, 1.165) is 0 Å². The topological polar surface area (TPSA) is 113 Å². The maximum absolute atomic E-state index is 14.3. The molecule has 1 spiro atoms. The lowest BCUT2D eigenvalue weighted by molar-refractivity contribution is -0.190. The zero-order valence-corrected chi connectivity index (χ0v) is 20.8. The molecule has 188 valence electrons. The standard InChI is InChI=1S/C28H34O7/c1-14-12-27-15(2)10-19-21(26(19,3)4)18(23(27)31)11-16(13-29)22(30)28(27,33)24(14)35-25(32)17-8-6-7-9-20(17)34-5/h6-9,11-12,15,18-19,21-22,24,29-30,33H,10,13H2,1-5H3/t15-,18+,19-,21+,22-,24+,27+,28+/m1/s1. The van der Waals surface area contributed by atoms with E-state index >= 15 is 0 Å². The summed E-state index contributed by atoms with van der Waals surface area (Å²) in [7, 11) is 1.45. The Labute approximate surface area is 205 Å². The van der Waals surface area contributed by atoms with Crippen LogP contribution in [0.4, 0.5) is 0 Å². The molecule has 0 saturated heterocycles. The van der Waals surface area contributed by atoms with E-state index in [1.54, 1.807) is 43.3 Å². The predicted octanol–water partition coefficient (Wildman–Crippen LogP) is 2.69. The molecule has 0 unspecified atom stereocenters. The number of aliphatic hydroxyl groups is 3. The van der Waals surface area contributed by atoms with Crippen molar-refractivity contribution in [2.45, 2.75) is 51.9 Å². The number of hydrogen-bond acceptors (Lipinski definition) is 7. The molecule has 35 heavy (non-hydrogen) atoms. The maximum Gasteiger partial charge on any atom is 0.342 e. The van der Waals surface area contributed by atoms with Crippen LogP contribution in [-0.2, 0) is 9.53 Å². The molecule has 4 aliphatic carbocycles. The third-order valence-corrected chi connectivity index (χ3v) is 9.45. The molecule has 7 nitrogen and oxygen atoms in total. The normalized spacial score (nSPS) is 41.0. The second-order valence-electron chi connectivity index (χ2n) is 11.4. The number of methoxy groups -OCH3 is 1. The molecular formula is C28H34O7. The average Bonchev–Trinajstić information content (AvgIpc) is 3.32. The molecule has 2 saturated carbocycles. The molecule has 0 radical (unpaired) electrons. The number of ketones is 1. The van der Waals surface area contributed by atoms with Crippen LogP contribution >= 0.6 is 0 Å². The van der Waals surface area contributed by atoms with Gasteiger partial charge >= 0.3 is 5.97 Å². The summed E-state index contributed by atoms with van der Waals surface area (Å²) in [6, 6.07) is 6.59. The van der Waals surface area contributed by atoms with Gasteiger partial charge in [-0.05, 0) is 59.8 Å².